The molecule has 1 heterocycles. The molecule has 0 aromatic rings. The second-order valence-electron chi connectivity index (χ2n) is 6.00. The zero-order valence-corrected chi connectivity index (χ0v) is 13.4. The molecule has 0 bridgehead atoms. The number of nitrogens with one attached hydrogen (secondary N) is 2. The van der Waals surface area contributed by atoms with Crippen molar-refractivity contribution in [2.75, 3.05) is 32.7 Å². The van der Waals surface area contributed by atoms with Crippen LogP contribution in [0, 0.1) is 5.92 Å². The largest absolute Gasteiger partial charge is 0.405 e. The number of alkyl halides is 3. The maximum Gasteiger partial charge on any atom is 0.405 e. The van der Waals surface area contributed by atoms with E-state index in [9.17, 15) is 18.0 Å². The van der Waals surface area contributed by atoms with Crippen molar-refractivity contribution in [2.24, 2.45) is 5.92 Å². The number of hydrogen-bond donors (Lipinski definition) is 2. The molecule has 1 saturated heterocycles. The highest BCUT2D eigenvalue weighted by molar-refractivity contribution is 5.85. The number of halogens is 4. The molecule has 2 fully saturated rings. The summed E-state index contributed by atoms with van der Waals surface area (Å²) in [5.74, 6) is 0.111. The first-order valence-electron chi connectivity index (χ1n) is 7.75. The topological polar surface area (TPSA) is 44.4 Å². The van der Waals surface area contributed by atoms with E-state index in [4.69, 9.17) is 0 Å². The monoisotopic (exact) mass is 343 g/mol. The van der Waals surface area contributed by atoms with E-state index in [2.05, 4.69) is 10.6 Å². The van der Waals surface area contributed by atoms with E-state index in [-0.39, 0.29) is 24.9 Å². The maximum atomic E-state index is 13.1. The number of carbonyl (C=O) groups excluding carboxylic acids is 1. The molecule has 4 nitrogen and oxygen atoms in total. The number of rotatable bonds is 5. The van der Waals surface area contributed by atoms with E-state index in [0.29, 0.717) is 38.5 Å². The van der Waals surface area contributed by atoms with Crippen LogP contribution >= 0.6 is 12.4 Å². The van der Waals surface area contributed by atoms with E-state index in [0.717, 1.165) is 25.7 Å². The maximum absolute atomic E-state index is 13.1. The van der Waals surface area contributed by atoms with Crippen LogP contribution in [-0.4, -0.2) is 55.7 Å². The van der Waals surface area contributed by atoms with Crippen LogP contribution in [0.5, 0.6) is 0 Å². The van der Waals surface area contributed by atoms with Gasteiger partial charge in [0.25, 0.3) is 0 Å². The van der Waals surface area contributed by atoms with E-state index in [1.165, 1.54) is 4.90 Å². The normalized spacial score (nSPS) is 22.1. The first-order valence-corrected chi connectivity index (χ1v) is 7.75. The minimum Gasteiger partial charge on any atom is -0.354 e. The summed E-state index contributed by atoms with van der Waals surface area (Å²) in [5, 5.41) is 5.53. The quantitative estimate of drug-likeness (QED) is 0.802. The smallest absolute Gasteiger partial charge is 0.354 e. The van der Waals surface area contributed by atoms with Gasteiger partial charge in [-0.3, -0.25) is 9.69 Å². The summed E-state index contributed by atoms with van der Waals surface area (Å²) in [6, 6.07) is -1.58. The van der Waals surface area contributed by atoms with Gasteiger partial charge >= 0.3 is 6.18 Å². The van der Waals surface area contributed by atoms with Crippen LogP contribution in [0.2, 0.25) is 0 Å². The Morgan fingerprint density at radius 3 is 2.36 bits per heavy atom. The van der Waals surface area contributed by atoms with Gasteiger partial charge in [-0.1, -0.05) is 12.8 Å². The van der Waals surface area contributed by atoms with Crippen molar-refractivity contribution >= 4 is 18.3 Å². The Balaban J connectivity index is 0.00000242. The minimum absolute atomic E-state index is 0. The molecular weight excluding hydrogens is 319 g/mol. The first-order chi connectivity index (χ1) is 9.97. The second-order valence-corrected chi connectivity index (χ2v) is 6.00. The van der Waals surface area contributed by atoms with Gasteiger partial charge in [0.1, 0.15) is 6.04 Å². The molecular formula is C14H25ClF3N3O. The Hall–Kier alpha value is -0.530. The van der Waals surface area contributed by atoms with Crippen LogP contribution in [0.15, 0.2) is 0 Å². The van der Waals surface area contributed by atoms with Gasteiger partial charge in [-0.15, -0.1) is 12.4 Å². The summed E-state index contributed by atoms with van der Waals surface area (Å²) in [6.07, 6.45) is 0.361. The van der Waals surface area contributed by atoms with Crippen molar-refractivity contribution < 1.29 is 18.0 Å². The van der Waals surface area contributed by atoms with Crippen LogP contribution in [0.4, 0.5) is 13.2 Å². The molecule has 2 rings (SSSR count). The molecule has 0 aromatic heterocycles. The lowest BCUT2D eigenvalue weighted by atomic mass is 10.0. The van der Waals surface area contributed by atoms with Gasteiger partial charge in [0.15, 0.2) is 0 Å². The lowest BCUT2D eigenvalue weighted by Gasteiger charge is -2.36. The number of nitrogens with zero attached hydrogens (tertiary/aromatic N) is 1. The Morgan fingerprint density at radius 1 is 1.23 bits per heavy atom. The fourth-order valence-electron chi connectivity index (χ4n) is 3.21. The molecule has 1 aliphatic carbocycles. The summed E-state index contributed by atoms with van der Waals surface area (Å²) in [4.78, 5) is 13.2. The number of amides is 1. The average Bonchev–Trinajstić information content (AvgIpc) is 2.91. The Morgan fingerprint density at radius 2 is 1.82 bits per heavy atom. The molecule has 0 aromatic carbocycles. The van der Waals surface area contributed by atoms with Crippen molar-refractivity contribution in [3.05, 3.63) is 0 Å². The highest BCUT2D eigenvalue weighted by atomic mass is 35.5. The van der Waals surface area contributed by atoms with Gasteiger partial charge in [0.2, 0.25) is 5.91 Å². The van der Waals surface area contributed by atoms with Crippen molar-refractivity contribution in [2.45, 2.75) is 44.3 Å². The molecule has 1 amide bonds. The summed E-state index contributed by atoms with van der Waals surface area (Å²) in [5.41, 5.74) is 0. The van der Waals surface area contributed by atoms with Crippen LogP contribution in [0.25, 0.3) is 0 Å². The van der Waals surface area contributed by atoms with Gasteiger partial charge in [-0.25, -0.2) is 0 Å². The molecule has 1 atom stereocenters. The molecule has 1 aliphatic heterocycles. The van der Waals surface area contributed by atoms with Crippen LogP contribution < -0.4 is 10.6 Å². The zero-order chi connectivity index (χ0) is 15.3. The van der Waals surface area contributed by atoms with E-state index < -0.39 is 12.2 Å². The highest BCUT2D eigenvalue weighted by Crippen LogP contribution is 2.28. The van der Waals surface area contributed by atoms with Crippen molar-refractivity contribution in [1.29, 1.82) is 0 Å². The van der Waals surface area contributed by atoms with Crippen LogP contribution in [-0.2, 0) is 4.79 Å². The van der Waals surface area contributed by atoms with E-state index >= 15 is 0 Å². The fourth-order valence-corrected chi connectivity index (χ4v) is 3.21. The third-order valence-electron chi connectivity index (χ3n) is 4.41. The average molecular weight is 344 g/mol. The Labute approximate surface area is 135 Å². The highest BCUT2D eigenvalue weighted by Gasteiger charge is 2.43. The lowest BCUT2D eigenvalue weighted by Crippen LogP contribution is -2.57. The third-order valence-corrected chi connectivity index (χ3v) is 4.41. The van der Waals surface area contributed by atoms with Crippen LogP contribution in [0.1, 0.15) is 32.1 Å². The predicted molar refractivity (Wildman–Crippen MR) is 81.1 cm³/mol. The summed E-state index contributed by atoms with van der Waals surface area (Å²) >= 11 is 0. The number of carbonyl (C=O) groups is 1. The molecule has 130 valence electrons. The standard InChI is InChI=1S/C14H24F3N3O.ClH/c15-14(16,17)12(20-7-5-18-6-8-20)10-19-13(21)9-11-3-1-2-4-11;/h11-12,18H,1-10H2,(H,19,21);1H. The molecule has 22 heavy (non-hydrogen) atoms. The third kappa shape index (κ3) is 5.93. The summed E-state index contributed by atoms with van der Waals surface area (Å²) < 4.78 is 39.4. The van der Waals surface area contributed by atoms with Crippen molar-refractivity contribution in [3.8, 4) is 0 Å². The molecule has 1 unspecified atom stereocenters. The predicted octanol–water partition coefficient (Wildman–Crippen LogP) is 1.94. The molecule has 1 saturated carbocycles. The number of piperazine rings is 1. The molecule has 2 N–H and O–H groups in total. The van der Waals surface area contributed by atoms with Gasteiger partial charge < -0.3 is 10.6 Å². The number of hydrogen-bond acceptors (Lipinski definition) is 3. The minimum atomic E-state index is -4.31. The second kappa shape index (κ2) is 8.93. The van der Waals surface area contributed by atoms with E-state index in [1.54, 1.807) is 0 Å². The Bertz CT molecular complexity index is 343. The lowest BCUT2D eigenvalue weighted by molar-refractivity contribution is -0.184. The Kier molecular flexibility index (Phi) is 7.93. The van der Waals surface area contributed by atoms with Gasteiger partial charge in [0.05, 0.1) is 0 Å². The SMILES string of the molecule is Cl.O=C(CC1CCCC1)NCC(N1CCNCC1)C(F)(F)F. The van der Waals surface area contributed by atoms with Gasteiger partial charge in [0, 0.05) is 39.1 Å². The van der Waals surface area contributed by atoms with E-state index in [1.807, 2.05) is 0 Å². The van der Waals surface area contributed by atoms with Crippen molar-refractivity contribution in [3.63, 3.8) is 0 Å². The molecule has 8 heteroatoms. The fraction of sp³-hybridized carbons (Fsp3) is 0.929. The zero-order valence-electron chi connectivity index (χ0n) is 12.6. The first kappa shape index (κ1) is 19.5. The molecule has 0 radical (unpaired) electrons. The summed E-state index contributed by atoms with van der Waals surface area (Å²) in [6.45, 7) is 1.51. The van der Waals surface area contributed by atoms with Crippen molar-refractivity contribution in [1.82, 2.24) is 15.5 Å². The summed E-state index contributed by atoms with van der Waals surface area (Å²) in [7, 11) is 0. The van der Waals surface area contributed by atoms with Gasteiger partial charge in [-0.2, -0.15) is 13.2 Å². The molecule has 2 aliphatic rings. The van der Waals surface area contributed by atoms with Crippen LogP contribution in [0.3, 0.4) is 0 Å². The molecule has 0 spiro atoms. The van der Waals surface area contributed by atoms with Gasteiger partial charge in [-0.05, 0) is 18.8 Å².